The Hall–Kier alpha value is -2.11. The van der Waals surface area contributed by atoms with E-state index in [1.54, 1.807) is 6.20 Å². The van der Waals surface area contributed by atoms with Crippen LogP contribution in [0.1, 0.15) is 43.1 Å². The quantitative estimate of drug-likeness (QED) is 0.849. The Labute approximate surface area is 137 Å². The first-order valence-electron chi connectivity index (χ1n) is 8.12. The maximum Gasteiger partial charge on any atom is 0.220 e. The monoisotopic (exact) mass is 317 g/mol. The number of carbonyl (C=O) groups excluding carboxylic acids is 1. The highest BCUT2D eigenvalue weighted by Crippen LogP contribution is 2.22. The highest BCUT2D eigenvalue weighted by Gasteiger charge is 2.19. The van der Waals surface area contributed by atoms with Crippen molar-refractivity contribution in [3.05, 3.63) is 35.4 Å². The van der Waals surface area contributed by atoms with Crippen LogP contribution >= 0.6 is 0 Å². The second-order valence-corrected chi connectivity index (χ2v) is 6.41. The lowest BCUT2D eigenvalue weighted by atomic mass is 9.92. The molecule has 2 aromatic heterocycles. The molecule has 126 valence electrons. The SMILES string of the molecule is Cc1c(CCC(=O)NC[C@@H](c2ccnn2C)C(C)C)cnn1C. The topological polar surface area (TPSA) is 64.7 Å². The minimum atomic E-state index is 0.0843. The highest BCUT2D eigenvalue weighted by atomic mass is 16.1. The maximum atomic E-state index is 12.2. The van der Waals surface area contributed by atoms with E-state index in [1.165, 1.54) is 0 Å². The number of hydrogen-bond donors (Lipinski definition) is 1. The van der Waals surface area contributed by atoms with Crippen molar-refractivity contribution in [1.29, 1.82) is 0 Å². The molecule has 0 saturated heterocycles. The Bertz CT molecular complexity index is 656. The number of carbonyl (C=O) groups is 1. The van der Waals surface area contributed by atoms with Crippen LogP contribution in [0, 0.1) is 12.8 Å². The Morgan fingerprint density at radius 3 is 2.52 bits per heavy atom. The van der Waals surface area contributed by atoms with Gasteiger partial charge in [-0.3, -0.25) is 14.2 Å². The molecular weight excluding hydrogens is 290 g/mol. The van der Waals surface area contributed by atoms with Gasteiger partial charge < -0.3 is 5.32 Å². The Morgan fingerprint density at radius 1 is 1.26 bits per heavy atom. The summed E-state index contributed by atoms with van der Waals surface area (Å²) in [5.74, 6) is 0.791. The van der Waals surface area contributed by atoms with Gasteiger partial charge in [0.1, 0.15) is 0 Å². The number of rotatable bonds is 7. The van der Waals surface area contributed by atoms with Crippen LogP contribution in [0.4, 0.5) is 0 Å². The van der Waals surface area contributed by atoms with Crippen LogP contribution in [0.25, 0.3) is 0 Å². The third kappa shape index (κ3) is 4.21. The summed E-state index contributed by atoms with van der Waals surface area (Å²) < 4.78 is 3.72. The molecule has 0 unspecified atom stereocenters. The van der Waals surface area contributed by atoms with Crippen LogP contribution in [0.3, 0.4) is 0 Å². The summed E-state index contributed by atoms with van der Waals surface area (Å²) in [4.78, 5) is 12.2. The van der Waals surface area contributed by atoms with E-state index in [0.29, 0.717) is 18.9 Å². The fourth-order valence-corrected chi connectivity index (χ4v) is 2.78. The molecule has 6 nitrogen and oxygen atoms in total. The minimum Gasteiger partial charge on any atom is -0.355 e. The predicted molar refractivity (Wildman–Crippen MR) is 90.1 cm³/mol. The third-order valence-corrected chi connectivity index (χ3v) is 4.52. The number of hydrogen-bond acceptors (Lipinski definition) is 3. The van der Waals surface area contributed by atoms with Crippen molar-refractivity contribution in [3.63, 3.8) is 0 Å². The predicted octanol–water partition coefficient (Wildman–Crippen LogP) is 1.95. The molecule has 0 fully saturated rings. The fraction of sp³-hybridized carbons (Fsp3) is 0.588. The van der Waals surface area contributed by atoms with Crippen LogP contribution < -0.4 is 5.32 Å². The molecule has 0 aliphatic carbocycles. The molecular formula is C17H27N5O. The van der Waals surface area contributed by atoms with Gasteiger partial charge in [-0.25, -0.2) is 0 Å². The van der Waals surface area contributed by atoms with Crippen LogP contribution in [-0.4, -0.2) is 32.0 Å². The zero-order chi connectivity index (χ0) is 17.0. The molecule has 2 rings (SSSR count). The van der Waals surface area contributed by atoms with Crippen molar-refractivity contribution in [2.24, 2.45) is 20.0 Å². The standard InChI is InChI=1S/C17H27N5O/c1-12(2)15(16-8-9-19-22(16)5)11-18-17(23)7-6-14-10-20-21(4)13(14)3/h8-10,12,15H,6-7,11H2,1-5H3,(H,18,23)/t15-/m1/s1. The number of nitrogens with one attached hydrogen (secondary N) is 1. The molecule has 0 spiro atoms. The van der Waals surface area contributed by atoms with Crippen molar-refractivity contribution in [2.45, 2.75) is 39.5 Å². The smallest absolute Gasteiger partial charge is 0.220 e. The lowest BCUT2D eigenvalue weighted by Crippen LogP contribution is -2.31. The lowest BCUT2D eigenvalue weighted by molar-refractivity contribution is -0.121. The van der Waals surface area contributed by atoms with Gasteiger partial charge in [0.2, 0.25) is 5.91 Å². The average molecular weight is 317 g/mol. The van der Waals surface area contributed by atoms with Crippen LogP contribution in [-0.2, 0) is 25.3 Å². The maximum absolute atomic E-state index is 12.2. The molecule has 0 aliphatic heterocycles. The Balaban J connectivity index is 1.87. The van der Waals surface area contributed by atoms with Gasteiger partial charge in [-0.15, -0.1) is 0 Å². The lowest BCUT2D eigenvalue weighted by Gasteiger charge is -2.21. The molecule has 1 atom stereocenters. The van der Waals surface area contributed by atoms with Crippen molar-refractivity contribution in [2.75, 3.05) is 6.54 Å². The van der Waals surface area contributed by atoms with E-state index in [1.807, 2.05) is 42.6 Å². The van der Waals surface area contributed by atoms with Gasteiger partial charge in [-0.1, -0.05) is 13.8 Å². The van der Waals surface area contributed by atoms with E-state index in [2.05, 4.69) is 29.4 Å². The summed E-state index contributed by atoms with van der Waals surface area (Å²) in [6.07, 6.45) is 4.86. The van der Waals surface area contributed by atoms with Gasteiger partial charge in [0.15, 0.2) is 0 Å². The first-order chi connectivity index (χ1) is 10.9. The molecule has 0 aromatic carbocycles. The molecule has 0 radical (unpaired) electrons. The van der Waals surface area contributed by atoms with E-state index in [-0.39, 0.29) is 11.8 Å². The zero-order valence-electron chi connectivity index (χ0n) is 14.7. The molecule has 0 bridgehead atoms. The molecule has 2 aromatic rings. The van der Waals surface area contributed by atoms with E-state index in [9.17, 15) is 4.79 Å². The summed E-state index contributed by atoms with van der Waals surface area (Å²) in [5.41, 5.74) is 3.41. The van der Waals surface area contributed by atoms with E-state index >= 15 is 0 Å². The summed E-state index contributed by atoms with van der Waals surface area (Å²) in [5, 5.41) is 11.5. The Morgan fingerprint density at radius 2 is 2.00 bits per heavy atom. The summed E-state index contributed by atoms with van der Waals surface area (Å²) >= 11 is 0. The largest absolute Gasteiger partial charge is 0.355 e. The number of aryl methyl sites for hydroxylation is 3. The number of aromatic nitrogens is 4. The van der Waals surface area contributed by atoms with Crippen LogP contribution in [0.2, 0.25) is 0 Å². The first-order valence-corrected chi connectivity index (χ1v) is 8.12. The van der Waals surface area contributed by atoms with Crippen molar-refractivity contribution in [3.8, 4) is 0 Å². The van der Waals surface area contributed by atoms with Gasteiger partial charge >= 0.3 is 0 Å². The van der Waals surface area contributed by atoms with Crippen molar-refractivity contribution >= 4 is 5.91 Å². The van der Waals surface area contributed by atoms with Crippen molar-refractivity contribution < 1.29 is 4.79 Å². The van der Waals surface area contributed by atoms with Gasteiger partial charge in [0.05, 0.1) is 6.20 Å². The summed E-state index contributed by atoms with van der Waals surface area (Å²) in [6.45, 7) is 7.01. The average Bonchev–Trinajstić information content (AvgIpc) is 3.05. The number of amides is 1. The normalized spacial score (nSPS) is 12.6. The Kier molecular flexibility index (Phi) is 5.58. The molecule has 1 amide bonds. The highest BCUT2D eigenvalue weighted by molar-refractivity contribution is 5.76. The van der Waals surface area contributed by atoms with Gasteiger partial charge in [-0.05, 0) is 30.9 Å². The van der Waals surface area contributed by atoms with Gasteiger partial charge in [0, 0.05) is 50.6 Å². The minimum absolute atomic E-state index is 0.0843. The molecule has 6 heteroatoms. The second kappa shape index (κ2) is 7.44. The number of nitrogens with zero attached hydrogens (tertiary/aromatic N) is 4. The first kappa shape index (κ1) is 17.2. The second-order valence-electron chi connectivity index (χ2n) is 6.41. The van der Waals surface area contributed by atoms with Gasteiger partial charge in [0.25, 0.3) is 0 Å². The van der Waals surface area contributed by atoms with Crippen LogP contribution in [0.15, 0.2) is 18.5 Å². The summed E-state index contributed by atoms with van der Waals surface area (Å²) in [6, 6.07) is 2.02. The molecule has 2 heterocycles. The van der Waals surface area contributed by atoms with E-state index < -0.39 is 0 Å². The van der Waals surface area contributed by atoms with Crippen molar-refractivity contribution in [1.82, 2.24) is 24.9 Å². The molecule has 23 heavy (non-hydrogen) atoms. The van der Waals surface area contributed by atoms with E-state index in [0.717, 1.165) is 23.4 Å². The fourth-order valence-electron chi connectivity index (χ4n) is 2.78. The summed E-state index contributed by atoms with van der Waals surface area (Å²) in [7, 11) is 3.86. The molecule has 1 N–H and O–H groups in total. The van der Waals surface area contributed by atoms with Gasteiger partial charge in [-0.2, -0.15) is 10.2 Å². The molecule has 0 saturated carbocycles. The van der Waals surface area contributed by atoms with Crippen LogP contribution in [0.5, 0.6) is 0 Å². The third-order valence-electron chi connectivity index (χ3n) is 4.52. The van der Waals surface area contributed by atoms with E-state index in [4.69, 9.17) is 0 Å². The zero-order valence-corrected chi connectivity index (χ0v) is 14.7. The molecule has 0 aliphatic rings.